The van der Waals surface area contributed by atoms with Crippen LogP contribution >= 0.6 is 0 Å². The van der Waals surface area contributed by atoms with Crippen molar-refractivity contribution in [3.8, 4) is 5.69 Å². The fourth-order valence-corrected chi connectivity index (χ4v) is 1.94. The van der Waals surface area contributed by atoms with Gasteiger partial charge in [0.25, 0.3) is 5.91 Å². The third-order valence-electron chi connectivity index (χ3n) is 3.02. The first kappa shape index (κ1) is 15.8. The topological polar surface area (TPSA) is 84.2 Å². The van der Waals surface area contributed by atoms with E-state index >= 15 is 0 Å². The van der Waals surface area contributed by atoms with Crippen LogP contribution in [0.5, 0.6) is 0 Å². The van der Waals surface area contributed by atoms with Crippen molar-refractivity contribution < 1.29 is 14.3 Å². The lowest BCUT2D eigenvalue weighted by atomic mass is 10.2. The number of halogens is 1. The standard InChI is InChI=1S/C15H16FN3O3/c1-10-9-13(21)14(15(22)17-7-4-8-20)18-19(10)12-6-3-2-5-11(12)16/h2-3,5-6,9,20H,4,7-8H2,1H3,(H,17,22). The highest BCUT2D eigenvalue weighted by Gasteiger charge is 2.16. The van der Waals surface area contributed by atoms with Gasteiger partial charge >= 0.3 is 0 Å². The number of aromatic nitrogens is 2. The van der Waals surface area contributed by atoms with Gasteiger partial charge in [-0.05, 0) is 25.5 Å². The van der Waals surface area contributed by atoms with Gasteiger partial charge in [0.1, 0.15) is 11.5 Å². The summed E-state index contributed by atoms with van der Waals surface area (Å²) in [6, 6.07) is 7.20. The second-order valence-corrected chi connectivity index (χ2v) is 4.69. The molecule has 0 fully saturated rings. The number of amides is 1. The van der Waals surface area contributed by atoms with Crippen LogP contribution in [0.4, 0.5) is 4.39 Å². The molecule has 0 saturated heterocycles. The molecular formula is C15H16FN3O3. The number of benzene rings is 1. The van der Waals surface area contributed by atoms with E-state index in [2.05, 4.69) is 10.4 Å². The lowest BCUT2D eigenvalue weighted by Gasteiger charge is -2.11. The molecule has 0 aliphatic heterocycles. The monoisotopic (exact) mass is 305 g/mol. The number of carbonyl (C=O) groups is 1. The first-order valence-electron chi connectivity index (χ1n) is 6.79. The van der Waals surface area contributed by atoms with E-state index in [1.807, 2.05) is 0 Å². The van der Waals surface area contributed by atoms with Crippen molar-refractivity contribution in [3.63, 3.8) is 0 Å². The molecule has 2 aromatic rings. The zero-order valence-corrected chi connectivity index (χ0v) is 12.0. The molecule has 0 bridgehead atoms. The van der Waals surface area contributed by atoms with Crippen molar-refractivity contribution in [2.45, 2.75) is 13.3 Å². The minimum atomic E-state index is -0.650. The molecule has 1 aromatic heterocycles. The molecule has 0 aliphatic rings. The third-order valence-corrected chi connectivity index (χ3v) is 3.02. The molecule has 7 heteroatoms. The number of aliphatic hydroxyl groups excluding tert-OH is 1. The van der Waals surface area contributed by atoms with Crippen molar-refractivity contribution in [2.24, 2.45) is 0 Å². The van der Waals surface area contributed by atoms with Crippen LogP contribution in [0.3, 0.4) is 0 Å². The number of para-hydroxylation sites is 1. The molecule has 2 N–H and O–H groups in total. The maximum absolute atomic E-state index is 13.9. The molecule has 0 radical (unpaired) electrons. The molecule has 0 unspecified atom stereocenters. The molecule has 1 aromatic carbocycles. The van der Waals surface area contributed by atoms with Crippen LogP contribution in [-0.2, 0) is 0 Å². The molecule has 6 nitrogen and oxygen atoms in total. The van der Waals surface area contributed by atoms with E-state index in [0.29, 0.717) is 12.1 Å². The van der Waals surface area contributed by atoms with Crippen molar-refractivity contribution in [1.29, 1.82) is 0 Å². The number of aliphatic hydroxyl groups is 1. The van der Waals surface area contributed by atoms with E-state index in [1.165, 1.54) is 22.9 Å². The van der Waals surface area contributed by atoms with E-state index in [1.54, 1.807) is 19.1 Å². The fraction of sp³-hybridized carbons (Fsp3) is 0.267. The molecule has 1 amide bonds. The summed E-state index contributed by atoms with van der Waals surface area (Å²) in [4.78, 5) is 23.9. The molecule has 1 heterocycles. The summed E-state index contributed by atoms with van der Waals surface area (Å²) in [6.07, 6.45) is 0.374. The van der Waals surface area contributed by atoms with Gasteiger partial charge in [-0.3, -0.25) is 9.59 Å². The van der Waals surface area contributed by atoms with Gasteiger partial charge in [-0.25, -0.2) is 9.07 Å². The Hall–Kier alpha value is -2.54. The van der Waals surface area contributed by atoms with Gasteiger partial charge in [0.05, 0.1) is 0 Å². The minimum Gasteiger partial charge on any atom is -0.396 e. The Bertz CT molecular complexity index is 743. The first-order valence-corrected chi connectivity index (χ1v) is 6.79. The molecule has 0 spiro atoms. The van der Waals surface area contributed by atoms with Crippen LogP contribution in [0.25, 0.3) is 5.69 Å². The van der Waals surface area contributed by atoms with E-state index in [0.717, 1.165) is 0 Å². The van der Waals surface area contributed by atoms with Crippen LogP contribution in [0.2, 0.25) is 0 Å². The van der Waals surface area contributed by atoms with Gasteiger partial charge in [0.2, 0.25) is 5.43 Å². The predicted octanol–water partition coefficient (Wildman–Crippen LogP) is 0.792. The Morgan fingerprint density at radius 2 is 2.14 bits per heavy atom. The van der Waals surface area contributed by atoms with Crippen molar-refractivity contribution in [2.75, 3.05) is 13.2 Å². The second kappa shape index (κ2) is 6.95. The van der Waals surface area contributed by atoms with Crippen LogP contribution < -0.4 is 10.7 Å². The number of rotatable bonds is 5. The molecule has 0 saturated carbocycles. The molecule has 0 atom stereocenters. The Labute approximate surface area is 126 Å². The molecule has 0 aliphatic carbocycles. The maximum Gasteiger partial charge on any atom is 0.275 e. The number of hydrogen-bond donors (Lipinski definition) is 2. The van der Waals surface area contributed by atoms with Crippen molar-refractivity contribution in [1.82, 2.24) is 15.1 Å². The summed E-state index contributed by atoms with van der Waals surface area (Å²) in [7, 11) is 0. The van der Waals surface area contributed by atoms with Crippen LogP contribution in [-0.4, -0.2) is 33.9 Å². The molecular weight excluding hydrogens is 289 g/mol. The quantitative estimate of drug-likeness (QED) is 0.800. The lowest BCUT2D eigenvalue weighted by molar-refractivity contribution is 0.0943. The summed E-state index contributed by atoms with van der Waals surface area (Å²) in [5, 5.41) is 15.1. The Morgan fingerprint density at radius 3 is 2.82 bits per heavy atom. The predicted molar refractivity (Wildman–Crippen MR) is 78.6 cm³/mol. The zero-order chi connectivity index (χ0) is 16.1. The maximum atomic E-state index is 13.9. The van der Waals surface area contributed by atoms with E-state index in [9.17, 15) is 14.0 Å². The van der Waals surface area contributed by atoms with E-state index in [4.69, 9.17) is 5.11 Å². The minimum absolute atomic E-state index is 0.0684. The molecule has 116 valence electrons. The van der Waals surface area contributed by atoms with Crippen molar-refractivity contribution >= 4 is 5.91 Å². The number of nitrogens with zero attached hydrogens (tertiary/aromatic N) is 2. The van der Waals surface area contributed by atoms with E-state index < -0.39 is 17.2 Å². The summed E-state index contributed by atoms with van der Waals surface area (Å²) in [5.74, 6) is -1.16. The lowest BCUT2D eigenvalue weighted by Crippen LogP contribution is -2.32. The summed E-state index contributed by atoms with van der Waals surface area (Å²) >= 11 is 0. The molecule has 22 heavy (non-hydrogen) atoms. The highest BCUT2D eigenvalue weighted by molar-refractivity contribution is 5.92. The highest BCUT2D eigenvalue weighted by atomic mass is 19.1. The summed E-state index contributed by atoms with van der Waals surface area (Å²) in [5.41, 5.74) is -0.273. The second-order valence-electron chi connectivity index (χ2n) is 4.69. The summed E-state index contributed by atoms with van der Waals surface area (Å²) < 4.78 is 15.1. The smallest absolute Gasteiger partial charge is 0.275 e. The van der Waals surface area contributed by atoms with Gasteiger partial charge in [-0.2, -0.15) is 5.10 Å². The number of nitrogens with one attached hydrogen (secondary N) is 1. The zero-order valence-electron chi connectivity index (χ0n) is 12.0. The van der Waals surface area contributed by atoms with Gasteiger partial charge in [0.15, 0.2) is 5.69 Å². The fourth-order valence-electron chi connectivity index (χ4n) is 1.94. The van der Waals surface area contributed by atoms with Crippen LogP contribution in [0.1, 0.15) is 22.6 Å². The SMILES string of the molecule is Cc1cc(=O)c(C(=O)NCCCO)nn1-c1ccccc1F. The normalized spacial score (nSPS) is 10.5. The van der Waals surface area contributed by atoms with Gasteiger partial charge in [-0.1, -0.05) is 12.1 Å². The highest BCUT2D eigenvalue weighted by Crippen LogP contribution is 2.12. The van der Waals surface area contributed by atoms with Gasteiger partial charge < -0.3 is 10.4 Å². The number of carbonyl (C=O) groups excluding carboxylic acids is 1. The van der Waals surface area contributed by atoms with Crippen molar-refractivity contribution in [3.05, 3.63) is 57.8 Å². The Balaban J connectivity index is 2.42. The third kappa shape index (κ3) is 3.37. The average Bonchev–Trinajstić information content (AvgIpc) is 2.48. The average molecular weight is 305 g/mol. The molecule has 2 rings (SSSR count). The first-order chi connectivity index (χ1) is 10.5. The summed E-state index contributed by atoms with van der Waals surface area (Å²) in [6.45, 7) is 1.76. The van der Waals surface area contributed by atoms with Crippen LogP contribution in [0.15, 0.2) is 35.1 Å². The largest absolute Gasteiger partial charge is 0.396 e. The van der Waals surface area contributed by atoms with Gasteiger partial charge in [-0.15, -0.1) is 0 Å². The van der Waals surface area contributed by atoms with Crippen LogP contribution in [0, 0.1) is 12.7 Å². The number of aryl methyl sites for hydroxylation is 1. The Morgan fingerprint density at radius 1 is 1.41 bits per heavy atom. The number of hydrogen-bond acceptors (Lipinski definition) is 4. The van der Waals surface area contributed by atoms with E-state index in [-0.39, 0.29) is 24.5 Å². The van der Waals surface area contributed by atoms with Gasteiger partial charge in [0, 0.05) is 24.9 Å². The Kier molecular flexibility index (Phi) is 5.00.